The molecule has 0 spiro atoms. The second-order valence-corrected chi connectivity index (χ2v) is 5.64. The Bertz CT molecular complexity index is 577. The maximum atomic E-state index is 12.6. The number of hydrogen-bond donors (Lipinski definition) is 1. The van der Waals surface area contributed by atoms with Gasteiger partial charge in [-0.05, 0) is 42.0 Å². The Morgan fingerprint density at radius 3 is 2.68 bits per heavy atom. The highest BCUT2D eigenvalue weighted by Crippen LogP contribution is 2.32. The van der Waals surface area contributed by atoms with E-state index in [1.165, 1.54) is 11.3 Å². The second-order valence-electron chi connectivity index (χ2n) is 4.72. The molecule has 5 heteroatoms. The Hall–Kier alpha value is -1.88. The van der Waals surface area contributed by atoms with Crippen molar-refractivity contribution in [3.05, 3.63) is 46.4 Å². The third-order valence-corrected chi connectivity index (χ3v) is 4.16. The number of nitrogen functional groups attached to an aromatic ring is 1. The Morgan fingerprint density at radius 1 is 1.37 bits per heavy atom. The van der Waals surface area contributed by atoms with Gasteiger partial charge >= 0.3 is 0 Å². The molecule has 0 unspecified atom stereocenters. The van der Waals surface area contributed by atoms with Crippen molar-refractivity contribution in [2.45, 2.75) is 25.4 Å². The predicted octanol–water partition coefficient (Wildman–Crippen LogP) is 2.53. The zero-order chi connectivity index (χ0) is 13.2. The highest BCUT2D eigenvalue weighted by Gasteiger charge is 2.34. The van der Waals surface area contributed by atoms with E-state index in [-0.39, 0.29) is 5.91 Å². The largest absolute Gasteiger partial charge is 0.397 e. The normalized spacial score (nSPS) is 14.3. The summed E-state index contributed by atoms with van der Waals surface area (Å²) in [5.74, 6) is 0.0480. The van der Waals surface area contributed by atoms with Crippen LogP contribution in [0.15, 0.2) is 36.0 Å². The third kappa shape index (κ3) is 2.61. The maximum Gasteiger partial charge on any atom is 0.266 e. The summed E-state index contributed by atoms with van der Waals surface area (Å²) >= 11 is 1.41. The van der Waals surface area contributed by atoms with E-state index in [2.05, 4.69) is 4.98 Å². The van der Waals surface area contributed by atoms with E-state index < -0.39 is 0 Å². The van der Waals surface area contributed by atoms with E-state index in [4.69, 9.17) is 5.73 Å². The van der Waals surface area contributed by atoms with Crippen LogP contribution in [0.3, 0.4) is 0 Å². The van der Waals surface area contributed by atoms with Crippen LogP contribution in [0.1, 0.15) is 28.1 Å². The van der Waals surface area contributed by atoms with Crippen molar-refractivity contribution in [3.8, 4) is 0 Å². The summed E-state index contributed by atoms with van der Waals surface area (Å²) in [5.41, 5.74) is 7.53. The van der Waals surface area contributed by atoms with Gasteiger partial charge in [-0.15, -0.1) is 11.3 Å². The van der Waals surface area contributed by atoms with Gasteiger partial charge in [-0.25, -0.2) is 0 Å². The van der Waals surface area contributed by atoms with Gasteiger partial charge < -0.3 is 10.6 Å². The number of rotatable bonds is 4. The first kappa shape index (κ1) is 12.2. The molecule has 1 aliphatic carbocycles. The Labute approximate surface area is 115 Å². The standard InChI is InChI=1S/C14H15N3OS/c15-12-5-8-19-13(12)14(18)17(11-1-2-11)9-10-3-6-16-7-4-10/h3-8,11H,1-2,9,15H2. The molecule has 2 heterocycles. The van der Waals surface area contributed by atoms with Crippen LogP contribution in [-0.2, 0) is 6.54 Å². The van der Waals surface area contributed by atoms with E-state index in [0.29, 0.717) is 23.2 Å². The van der Waals surface area contributed by atoms with E-state index in [1.54, 1.807) is 18.5 Å². The van der Waals surface area contributed by atoms with Gasteiger partial charge in [0, 0.05) is 25.0 Å². The van der Waals surface area contributed by atoms with Crippen molar-refractivity contribution < 1.29 is 4.79 Å². The molecule has 1 amide bonds. The quantitative estimate of drug-likeness (QED) is 0.931. The van der Waals surface area contributed by atoms with E-state index in [9.17, 15) is 4.79 Å². The zero-order valence-electron chi connectivity index (χ0n) is 10.5. The Balaban J connectivity index is 1.82. The molecule has 3 rings (SSSR count). The van der Waals surface area contributed by atoms with Gasteiger partial charge in [-0.1, -0.05) is 0 Å². The molecule has 0 radical (unpaired) electrons. The number of nitrogens with two attached hydrogens (primary N) is 1. The van der Waals surface area contributed by atoms with Crippen LogP contribution < -0.4 is 5.73 Å². The lowest BCUT2D eigenvalue weighted by molar-refractivity contribution is 0.0736. The van der Waals surface area contributed by atoms with Crippen molar-refractivity contribution in [2.24, 2.45) is 0 Å². The van der Waals surface area contributed by atoms with Crippen molar-refractivity contribution in [3.63, 3.8) is 0 Å². The van der Waals surface area contributed by atoms with Crippen molar-refractivity contribution in [2.75, 3.05) is 5.73 Å². The van der Waals surface area contributed by atoms with Gasteiger partial charge in [0.2, 0.25) is 0 Å². The molecule has 4 nitrogen and oxygen atoms in total. The Kier molecular flexibility index (Phi) is 3.21. The lowest BCUT2D eigenvalue weighted by Crippen LogP contribution is -2.32. The fourth-order valence-corrected chi connectivity index (χ4v) is 2.83. The Morgan fingerprint density at radius 2 is 2.11 bits per heavy atom. The summed E-state index contributed by atoms with van der Waals surface area (Å²) in [7, 11) is 0. The van der Waals surface area contributed by atoms with Crippen molar-refractivity contribution >= 4 is 22.9 Å². The summed E-state index contributed by atoms with van der Waals surface area (Å²) in [5, 5.41) is 1.86. The van der Waals surface area contributed by atoms with E-state index in [1.807, 2.05) is 22.4 Å². The van der Waals surface area contributed by atoms with Gasteiger partial charge in [0.1, 0.15) is 4.88 Å². The fourth-order valence-electron chi connectivity index (χ4n) is 2.06. The van der Waals surface area contributed by atoms with Gasteiger partial charge in [0.25, 0.3) is 5.91 Å². The zero-order valence-corrected chi connectivity index (χ0v) is 11.3. The molecule has 0 atom stereocenters. The molecule has 98 valence electrons. The number of aromatic nitrogens is 1. The molecule has 0 aromatic carbocycles. The molecular weight excluding hydrogens is 258 g/mol. The number of thiophene rings is 1. The van der Waals surface area contributed by atoms with Crippen LogP contribution in [-0.4, -0.2) is 21.8 Å². The van der Waals surface area contributed by atoms with E-state index in [0.717, 1.165) is 18.4 Å². The molecule has 0 aliphatic heterocycles. The van der Waals surface area contributed by atoms with Crippen molar-refractivity contribution in [1.82, 2.24) is 9.88 Å². The molecule has 1 aliphatic rings. The first-order valence-electron chi connectivity index (χ1n) is 6.28. The maximum absolute atomic E-state index is 12.6. The molecule has 1 fully saturated rings. The lowest BCUT2D eigenvalue weighted by Gasteiger charge is -2.22. The fraction of sp³-hybridized carbons (Fsp3) is 0.286. The minimum absolute atomic E-state index is 0.0480. The first-order valence-corrected chi connectivity index (χ1v) is 7.16. The molecule has 1 saturated carbocycles. The average Bonchev–Trinajstić information content (AvgIpc) is 3.18. The van der Waals surface area contributed by atoms with Crippen LogP contribution in [0, 0.1) is 0 Å². The van der Waals surface area contributed by atoms with Gasteiger partial charge in [0.05, 0.1) is 5.69 Å². The minimum Gasteiger partial charge on any atom is -0.397 e. The van der Waals surface area contributed by atoms with Gasteiger partial charge in [-0.3, -0.25) is 9.78 Å². The average molecular weight is 273 g/mol. The van der Waals surface area contributed by atoms with Gasteiger partial charge in [-0.2, -0.15) is 0 Å². The molecule has 2 aromatic heterocycles. The van der Waals surface area contributed by atoms with Crippen LogP contribution in [0.25, 0.3) is 0 Å². The van der Waals surface area contributed by atoms with Crippen molar-refractivity contribution in [1.29, 1.82) is 0 Å². The molecule has 2 N–H and O–H groups in total. The summed E-state index contributed by atoms with van der Waals surface area (Å²) < 4.78 is 0. The summed E-state index contributed by atoms with van der Waals surface area (Å²) in [6, 6.07) is 6.04. The molecular formula is C14H15N3OS. The van der Waals surface area contributed by atoms with Crippen LogP contribution in [0.2, 0.25) is 0 Å². The monoisotopic (exact) mass is 273 g/mol. The third-order valence-electron chi connectivity index (χ3n) is 3.24. The minimum atomic E-state index is 0.0480. The number of anilines is 1. The molecule has 19 heavy (non-hydrogen) atoms. The highest BCUT2D eigenvalue weighted by molar-refractivity contribution is 7.12. The number of hydrogen-bond acceptors (Lipinski definition) is 4. The van der Waals surface area contributed by atoms with Crippen LogP contribution in [0.5, 0.6) is 0 Å². The first-order chi connectivity index (χ1) is 9.25. The summed E-state index contributed by atoms with van der Waals surface area (Å²) in [6.45, 7) is 0.628. The number of carbonyl (C=O) groups excluding carboxylic acids is 1. The molecule has 0 saturated heterocycles. The topological polar surface area (TPSA) is 59.2 Å². The molecule has 0 bridgehead atoms. The predicted molar refractivity (Wildman–Crippen MR) is 75.9 cm³/mol. The SMILES string of the molecule is Nc1ccsc1C(=O)N(Cc1ccncc1)C1CC1. The number of carbonyl (C=O) groups is 1. The highest BCUT2D eigenvalue weighted by atomic mass is 32.1. The molecule has 2 aromatic rings. The van der Waals surface area contributed by atoms with Crippen LogP contribution >= 0.6 is 11.3 Å². The van der Waals surface area contributed by atoms with Gasteiger partial charge in [0.15, 0.2) is 0 Å². The summed E-state index contributed by atoms with van der Waals surface area (Å²) in [6.07, 6.45) is 5.68. The van der Waals surface area contributed by atoms with E-state index >= 15 is 0 Å². The lowest BCUT2D eigenvalue weighted by atomic mass is 10.2. The number of pyridine rings is 1. The summed E-state index contributed by atoms with van der Waals surface area (Å²) in [4.78, 5) is 19.1. The smallest absolute Gasteiger partial charge is 0.266 e. The number of amides is 1. The number of nitrogens with zero attached hydrogens (tertiary/aromatic N) is 2. The van der Waals surface area contributed by atoms with Crippen LogP contribution in [0.4, 0.5) is 5.69 Å². The second kappa shape index (κ2) is 5.01.